The molecule has 1 N–H and O–H groups in total. The van der Waals surface area contributed by atoms with Crippen molar-refractivity contribution in [2.75, 3.05) is 23.4 Å². The maximum atomic E-state index is 13.4. The van der Waals surface area contributed by atoms with Gasteiger partial charge in [-0.2, -0.15) is 0 Å². The number of rotatable bonds is 6. The van der Waals surface area contributed by atoms with Crippen molar-refractivity contribution in [1.29, 1.82) is 0 Å². The summed E-state index contributed by atoms with van der Waals surface area (Å²) in [4.78, 5) is 32.4. The minimum atomic E-state index is -0.100. The SMILES string of the molecule is O=C(Nc1ccc(C(=O)N(C[C@H]2CCCO2)c2nc3ccccc3s2)s1)C1CC1. The molecule has 2 fully saturated rings. The Bertz CT molecular complexity index is 1020. The first-order chi connectivity index (χ1) is 14.2. The minimum Gasteiger partial charge on any atom is -0.376 e. The van der Waals surface area contributed by atoms with Crippen molar-refractivity contribution in [3.63, 3.8) is 0 Å². The molecule has 1 aliphatic heterocycles. The van der Waals surface area contributed by atoms with Crippen LogP contribution < -0.4 is 10.2 Å². The molecule has 1 saturated heterocycles. The van der Waals surface area contributed by atoms with Crippen molar-refractivity contribution in [2.45, 2.75) is 31.8 Å². The highest BCUT2D eigenvalue weighted by Gasteiger charge is 2.31. The second kappa shape index (κ2) is 7.85. The van der Waals surface area contributed by atoms with Gasteiger partial charge in [-0.15, -0.1) is 11.3 Å². The summed E-state index contributed by atoms with van der Waals surface area (Å²) in [7, 11) is 0. The Morgan fingerprint density at radius 2 is 2.00 bits per heavy atom. The highest BCUT2D eigenvalue weighted by molar-refractivity contribution is 7.22. The van der Waals surface area contributed by atoms with Gasteiger partial charge in [-0.3, -0.25) is 14.5 Å². The Morgan fingerprint density at radius 3 is 2.76 bits per heavy atom. The number of hydrogen-bond donors (Lipinski definition) is 1. The lowest BCUT2D eigenvalue weighted by Gasteiger charge is -2.22. The van der Waals surface area contributed by atoms with E-state index in [1.54, 1.807) is 17.0 Å². The van der Waals surface area contributed by atoms with Crippen LogP contribution in [0.25, 0.3) is 10.2 Å². The van der Waals surface area contributed by atoms with Gasteiger partial charge in [-0.25, -0.2) is 4.98 Å². The lowest BCUT2D eigenvalue weighted by Crippen LogP contribution is -2.37. The third-order valence-corrected chi connectivity index (χ3v) is 7.23. The van der Waals surface area contributed by atoms with Gasteiger partial charge < -0.3 is 10.1 Å². The summed E-state index contributed by atoms with van der Waals surface area (Å²) < 4.78 is 6.84. The van der Waals surface area contributed by atoms with Crippen LogP contribution in [-0.4, -0.2) is 36.1 Å². The monoisotopic (exact) mass is 427 g/mol. The summed E-state index contributed by atoms with van der Waals surface area (Å²) in [6, 6.07) is 11.5. The second-order valence-corrected chi connectivity index (χ2v) is 9.54. The maximum absolute atomic E-state index is 13.4. The smallest absolute Gasteiger partial charge is 0.270 e. The highest BCUT2D eigenvalue weighted by Crippen LogP contribution is 2.34. The van der Waals surface area contributed by atoms with E-state index in [2.05, 4.69) is 5.32 Å². The standard InChI is InChI=1S/C21H21N3O3S2/c25-19(13-7-8-13)23-18-10-9-17(28-18)20(26)24(12-14-4-3-11-27-14)21-22-15-5-1-2-6-16(15)29-21/h1-2,5-6,9-10,13-14H,3-4,7-8,11-12H2,(H,23,25)/t14-/m1/s1. The van der Waals surface area contributed by atoms with Gasteiger partial charge in [0.25, 0.3) is 5.91 Å². The van der Waals surface area contributed by atoms with E-state index in [-0.39, 0.29) is 23.8 Å². The molecule has 1 atom stereocenters. The van der Waals surface area contributed by atoms with Crippen molar-refractivity contribution in [3.8, 4) is 0 Å². The zero-order valence-corrected chi connectivity index (χ0v) is 17.4. The van der Waals surface area contributed by atoms with E-state index >= 15 is 0 Å². The summed E-state index contributed by atoms with van der Waals surface area (Å²) in [5, 5.41) is 4.32. The third kappa shape index (κ3) is 4.05. The molecule has 150 valence electrons. The van der Waals surface area contributed by atoms with E-state index in [1.807, 2.05) is 24.3 Å². The summed E-state index contributed by atoms with van der Waals surface area (Å²) in [6.07, 6.45) is 3.90. The summed E-state index contributed by atoms with van der Waals surface area (Å²) >= 11 is 2.83. The molecule has 2 aliphatic rings. The number of benzene rings is 1. The van der Waals surface area contributed by atoms with Gasteiger partial charge in [-0.05, 0) is 49.9 Å². The number of amides is 2. The molecular formula is C21H21N3O3S2. The van der Waals surface area contributed by atoms with Gasteiger partial charge >= 0.3 is 0 Å². The molecule has 0 unspecified atom stereocenters. The van der Waals surface area contributed by atoms with Crippen LogP contribution in [0.3, 0.4) is 0 Å². The Hall–Kier alpha value is -2.29. The maximum Gasteiger partial charge on any atom is 0.270 e. The molecule has 0 bridgehead atoms. The molecule has 1 aliphatic carbocycles. The molecule has 2 amide bonds. The van der Waals surface area contributed by atoms with Crippen LogP contribution in [0.5, 0.6) is 0 Å². The van der Waals surface area contributed by atoms with Gasteiger partial charge in [0, 0.05) is 12.5 Å². The van der Waals surface area contributed by atoms with Crippen LogP contribution in [0.4, 0.5) is 10.1 Å². The number of carbonyl (C=O) groups is 2. The number of hydrogen-bond acceptors (Lipinski definition) is 6. The molecule has 5 rings (SSSR count). The molecule has 6 nitrogen and oxygen atoms in total. The van der Waals surface area contributed by atoms with Gasteiger partial charge in [0.15, 0.2) is 5.13 Å². The number of nitrogens with zero attached hydrogens (tertiary/aromatic N) is 2. The van der Waals surface area contributed by atoms with E-state index in [0.717, 1.165) is 42.5 Å². The van der Waals surface area contributed by atoms with Crippen molar-refractivity contribution < 1.29 is 14.3 Å². The summed E-state index contributed by atoms with van der Waals surface area (Å²) in [6.45, 7) is 1.23. The molecule has 0 spiro atoms. The van der Waals surface area contributed by atoms with Crippen LogP contribution in [-0.2, 0) is 9.53 Å². The molecule has 0 radical (unpaired) electrons. The Balaban J connectivity index is 1.41. The number of anilines is 2. The van der Waals surface area contributed by atoms with Gasteiger partial charge in [0.1, 0.15) is 0 Å². The molecular weight excluding hydrogens is 406 g/mol. The lowest BCUT2D eigenvalue weighted by molar-refractivity contribution is -0.117. The quantitative estimate of drug-likeness (QED) is 0.627. The number of carbonyl (C=O) groups excluding carboxylic acids is 2. The van der Waals surface area contributed by atoms with Crippen molar-refractivity contribution in [1.82, 2.24) is 4.98 Å². The molecule has 29 heavy (non-hydrogen) atoms. The number of thiophene rings is 1. The fraction of sp³-hybridized carbons (Fsp3) is 0.381. The van der Waals surface area contributed by atoms with Crippen LogP contribution in [0.15, 0.2) is 36.4 Å². The van der Waals surface area contributed by atoms with Gasteiger partial charge in [-0.1, -0.05) is 23.5 Å². The van der Waals surface area contributed by atoms with Crippen LogP contribution >= 0.6 is 22.7 Å². The number of para-hydroxylation sites is 1. The third-order valence-electron chi connectivity index (χ3n) is 5.18. The van der Waals surface area contributed by atoms with E-state index < -0.39 is 0 Å². The van der Waals surface area contributed by atoms with Crippen LogP contribution in [0, 0.1) is 5.92 Å². The van der Waals surface area contributed by atoms with Gasteiger partial charge in [0.2, 0.25) is 5.91 Å². The van der Waals surface area contributed by atoms with E-state index in [4.69, 9.17) is 9.72 Å². The predicted molar refractivity (Wildman–Crippen MR) is 116 cm³/mol. The first-order valence-corrected chi connectivity index (χ1v) is 11.5. The Morgan fingerprint density at radius 1 is 1.14 bits per heavy atom. The zero-order chi connectivity index (χ0) is 19.8. The summed E-state index contributed by atoms with van der Waals surface area (Å²) in [5.74, 6) is 0.0831. The first-order valence-electron chi connectivity index (χ1n) is 9.87. The molecule has 2 aromatic heterocycles. The predicted octanol–water partition coefficient (Wildman–Crippen LogP) is 4.53. The van der Waals surface area contributed by atoms with E-state index in [1.165, 1.54) is 22.7 Å². The highest BCUT2D eigenvalue weighted by atomic mass is 32.1. The topological polar surface area (TPSA) is 71.5 Å². The average molecular weight is 428 g/mol. The molecule has 3 aromatic rings. The number of nitrogens with one attached hydrogen (secondary N) is 1. The Kier molecular flexibility index (Phi) is 5.07. The van der Waals surface area contributed by atoms with Crippen LogP contribution in [0.2, 0.25) is 0 Å². The second-order valence-electron chi connectivity index (χ2n) is 7.44. The van der Waals surface area contributed by atoms with Crippen molar-refractivity contribution >= 4 is 54.8 Å². The van der Waals surface area contributed by atoms with Crippen LogP contribution in [0.1, 0.15) is 35.4 Å². The minimum absolute atomic E-state index is 0.0277. The summed E-state index contributed by atoms with van der Waals surface area (Å²) in [5.41, 5.74) is 0.890. The Labute approximate surface area is 176 Å². The number of ether oxygens (including phenoxy) is 1. The number of fused-ring (bicyclic) bond motifs is 1. The fourth-order valence-corrected chi connectivity index (χ4v) is 5.27. The van der Waals surface area contributed by atoms with E-state index in [0.29, 0.717) is 21.6 Å². The number of aromatic nitrogens is 1. The fourth-order valence-electron chi connectivity index (χ4n) is 3.44. The number of thiazole rings is 1. The van der Waals surface area contributed by atoms with Gasteiger partial charge in [0.05, 0.1) is 32.7 Å². The molecule has 1 aromatic carbocycles. The molecule has 3 heterocycles. The van der Waals surface area contributed by atoms with Crippen molar-refractivity contribution in [2.24, 2.45) is 5.92 Å². The lowest BCUT2D eigenvalue weighted by atomic mass is 10.2. The zero-order valence-electron chi connectivity index (χ0n) is 15.8. The van der Waals surface area contributed by atoms with Crippen molar-refractivity contribution in [3.05, 3.63) is 41.3 Å². The normalized spacial score (nSPS) is 18.8. The first kappa shape index (κ1) is 18.7. The average Bonchev–Trinajstić information content (AvgIpc) is 3.10. The van der Waals surface area contributed by atoms with E-state index in [9.17, 15) is 9.59 Å². The molecule has 1 saturated carbocycles. The molecule has 8 heteroatoms. The largest absolute Gasteiger partial charge is 0.376 e.